The summed E-state index contributed by atoms with van der Waals surface area (Å²) >= 11 is 0. The van der Waals surface area contributed by atoms with Gasteiger partial charge in [-0.15, -0.1) is 0 Å². The van der Waals surface area contributed by atoms with Crippen molar-refractivity contribution in [2.45, 2.75) is 59.8 Å². The van der Waals surface area contributed by atoms with E-state index >= 15 is 0 Å². The van der Waals surface area contributed by atoms with Gasteiger partial charge in [-0.2, -0.15) is 0 Å². The number of benzene rings is 1. The number of aromatic carboxylic acids is 1. The topological polar surface area (TPSA) is 111 Å². The fourth-order valence-corrected chi connectivity index (χ4v) is 2.60. The molecule has 2 rings (SSSR count). The van der Waals surface area contributed by atoms with Crippen molar-refractivity contribution < 1.29 is 28.9 Å². The van der Waals surface area contributed by atoms with Crippen molar-refractivity contribution in [2.24, 2.45) is 0 Å². The summed E-state index contributed by atoms with van der Waals surface area (Å²) in [5, 5.41) is 9.08. The molecule has 9 heteroatoms. The van der Waals surface area contributed by atoms with E-state index in [2.05, 4.69) is 9.97 Å². The van der Waals surface area contributed by atoms with Crippen LogP contribution in [0.15, 0.2) is 30.6 Å². The number of carboxylic acids is 1. The molecule has 0 aliphatic carbocycles. The van der Waals surface area contributed by atoms with Gasteiger partial charge >= 0.3 is 12.1 Å². The molecule has 0 aliphatic rings. The molecule has 1 amide bonds. The summed E-state index contributed by atoms with van der Waals surface area (Å²) in [6.45, 7) is 11.5. The molecule has 1 aromatic heterocycles. The van der Waals surface area contributed by atoms with Crippen molar-refractivity contribution in [3.63, 3.8) is 0 Å². The van der Waals surface area contributed by atoms with Crippen molar-refractivity contribution >= 4 is 18.0 Å². The quantitative estimate of drug-likeness (QED) is 0.658. The molecule has 0 bridgehead atoms. The molecule has 1 heterocycles. The molecule has 0 unspecified atom stereocenters. The zero-order valence-electron chi connectivity index (χ0n) is 18.7. The summed E-state index contributed by atoms with van der Waals surface area (Å²) in [5.74, 6) is 0.0619. The Morgan fingerprint density at radius 2 is 1.71 bits per heavy atom. The first-order valence-electron chi connectivity index (χ1n) is 9.97. The first kappa shape index (κ1) is 23.9. The molecule has 168 valence electrons. The molecule has 1 N–H and O–H groups in total. The van der Waals surface area contributed by atoms with Crippen LogP contribution >= 0.6 is 0 Å². The highest BCUT2D eigenvalue weighted by molar-refractivity contribution is 5.88. The molecule has 0 radical (unpaired) electrons. The summed E-state index contributed by atoms with van der Waals surface area (Å²) in [5.41, 5.74) is -0.118. The summed E-state index contributed by atoms with van der Waals surface area (Å²) in [7, 11) is 0. The number of anilines is 1. The zero-order chi connectivity index (χ0) is 23.2. The molecule has 0 fully saturated rings. The fraction of sp³-hybridized carbons (Fsp3) is 0.455. The Morgan fingerprint density at radius 1 is 1.10 bits per heavy atom. The van der Waals surface area contributed by atoms with Gasteiger partial charge in [-0.1, -0.05) is 0 Å². The van der Waals surface area contributed by atoms with Crippen LogP contribution in [0.4, 0.5) is 10.7 Å². The van der Waals surface area contributed by atoms with Gasteiger partial charge in [0.15, 0.2) is 0 Å². The molecule has 2 aromatic rings. The second-order valence-corrected chi connectivity index (χ2v) is 8.06. The lowest BCUT2D eigenvalue weighted by atomic mass is 10.2. The number of ether oxygens (including phenoxy) is 3. The third-order valence-electron chi connectivity index (χ3n) is 3.70. The van der Waals surface area contributed by atoms with Gasteiger partial charge in [0.1, 0.15) is 17.1 Å². The van der Waals surface area contributed by atoms with Gasteiger partial charge in [0.05, 0.1) is 24.8 Å². The van der Waals surface area contributed by atoms with E-state index in [0.717, 1.165) is 12.4 Å². The van der Waals surface area contributed by atoms with E-state index in [9.17, 15) is 9.59 Å². The number of carbonyl (C=O) groups is 2. The number of aromatic nitrogens is 2. The van der Waals surface area contributed by atoms with Gasteiger partial charge < -0.3 is 19.3 Å². The molecule has 0 atom stereocenters. The van der Waals surface area contributed by atoms with Gasteiger partial charge in [-0.25, -0.2) is 24.5 Å². The lowest BCUT2D eigenvalue weighted by molar-refractivity contribution is 0.0574. The van der Waals surface area contributed by atoms with Gasteiger partial charge in [-0.3, -0.25) is 0 Å². The highest BCUT2D eigenvalue weighted by Crippen LogP contribution is 2.26. The Balaban J connectivity index is 2.43. The number of amides is 1. The van der Waals surface area contributed by atoms with Crippen molar-refractivity contribution in [1.29, 1.82) is 0 Å². The minimum atomic E-state index is -1.16. The second-order valence-electron chi connectivity index (χ2n) is 8.06. The number of hydrogen-bond donors (Lipinski definition) is 1. The van der Waals surface area contributed by atoms with Crippen molar-refractivity contribution in [3.05, 3.63) is 41.7 Å². The lowest BCUT2D eigenvalue weighted by Crippen LogP contribution is -2.37. The normalized spacial score (nSPS) is 11.2. The Bertz CT molecular complexity index is 906. The molecule has 0 saturated carbocycles. The van der Waals surface area contributed by atoms with Crippen LogP contribution in [0, 0.1) is 0 Å². The average molecular weight is 431 g/mol. The minimum Gasteiger partial charge on any atom is -0.494 e. The number of carbonyl (C=O) groups excluding carboxylic acids is 1. The fourth-order valence-electron chi connectivity index (χ4n) is 2.60. The van der Waals surface area contributed by atoms with Crippen LogP contribution in [0.25, 0.3) is 0 Å². The monoisotopic (exact) mass is 431 g/mol. The van der Waals surface area contributed by atoms with Gasteiger partial charge in [0, 0.05) is 18.5 Å². The van der Waals surface area contributed by atoms with Crippen molar-refractivity contribution in [1.82, 2.24) is 9.97 Å². The van der Waals surface area contributed by atoms with Gasteiger partial charge in [0.2, 0.25) is 5.95 Å². The zero-order valence-corrected chi connectivity index (χ0v) is 18.7. The average Bonchev–Trinajstić information content (AvgIpc) is 2.64. The molecular weight excluding hydrogens is 402 g/mol. The van der Waals surface area contributed by atoms with Crippen LogP contribution < -0.4 is 14.4 Å². The van der Waals surface area contributed by atoms with Gasteiger partial charge in [-0.05, 0) is 59.2 Å². The van der Waals surface area contributed by atoms with E-state index in [-0.39, 0.29) is 24.2 Å². The van der Waals surface area contributed by atoms with E-state index in [1.165, 1.54) is 4.90 Å². The predicted octanol–water partition coefficient (Wildman–Crippen LogP) is 4.30. The van der Waals surface area contributed by atoms with E-state index in [0.29, 0.717) is 23.7 Å². The SMILES string of the molecule is CCOc1cc(CN(C(=O)OC(C)(C)C)c2ncc(C(=O)O)cn2)cc(OC(C)C)c1. The molecule has 1 aromatic carbocycles. The van der Waals surface area contributed by atoms with Crippen LogP contribution in [0.3, 0.4) is 0 Å². The Kier molecular flexibility index (Phi) is 7.79. The minimum absolute atomic E-state index is 0.0207. The van der Waals surface area contributed by atoms with Crippen LogP contribution in [0.1, 0.15) is 57.5 Å². The maximum Gasteiger partial charge on any atom is 0.417 e. The van der Waals surface area contributed by atoms with Crippen LogP contribution in [-0.4, -0.2) is 45.4 Å². The Hall–Kier alpha value is -3.36. The molecule has 9 nitrogen and oxygen atoms in total. The highest BCUT2D eigenvalue weighted by Gasteiger charge is 2.26. The number of rotatable bonds is 8. The predicted molar refractivity (Wildman–Crippen MR) is 115 cm³/mol. The van der Waals surface area contributed by atoms with E-state index in [4.69, 9.17) is 19.3 Å². The van der Waals surface area contributed by atoms with E-state index in [1.54, 1.807) is 39.0 Å². The highest BCUT2D eigenvalue weighted by atomic mass is 16.6. The lowest BCUT2D eigenvalue weighted by Gasteiger charge is -2.26. The maximum atomic E-state index is 12.9. The summed E-state index contributed by atoms with van der Waals surface area (Å²) in [4.78, 5) is 33.3. The molecular formula is C22H29N3O6. The van der Waals surface area contributed by atoms with Crippen molar-refractivity contribution in [3.8, 4) is 11.5 Å². The summed E-state index contributed by atoms with van der Waals surface area (Å²) in [6.07, 6.45) is 1.58. The first-order chi connectivity index (χ1) is 14.5. The largest absolute Gasteiger partial charge is 0.494 e. The molecule has 0 aliphatic heterocycles. The van der Waals surface area contributed by atoms with Crippen LogP contribution in [0.5, 0.6) is 11.5 Å². The smallest absolute Gasteiger partial charge is 0.417 e. The number of carboxylic acid groups (broad SMARTS) is 1. The molecule has 0 saturated heterocycles. The second kappa shape index (κ2) is 10.1. The van der Waals surface area contributed by atoms with Gasteiger partial charge in [0.25, 0.3) is 0 Å². The summed E-state index contributed by atoms with van der Waals surface area (Å²) < 4.78 is 16.9. The number of hydrogen-bond acceptors (Lipinski definition) is 7. The third kappa shape index (κ3) is 7.44. The number of nitrogens with zero attached hydrogens (tertiary/aromatic N) is 3. The first-order valence-corrected chi connectivity index (χ1v) is 9.97. The standard InChI is InChI=1S/C22H29N3O6/c1-7-29-17-8-15(9-18(10-17)30-14(2)3)13-25(21(28)31-22(4,5)6)20-23-11-16(12-24-20)19(26)27/h8-12,14H,7,13H2,1-6H3,(H,26,27). The van der Waals surface area contributed by atoms with Crippen LogP contribution in [0.2, 0.25) is 0 Å². The Morgan fingerprint density at radius 3 is 2.23 bits per heavy atom. The third-order valence-corrected chi connectivity index (χ3v) is 3.70. The summed E-state index contributed by atoms with van der Waals surface area (Å²) in [6, 6.07) is 5.37. The maximum absolute atomic E-state index is 12.9. The van der Waals surface area contributed by atoms with E-state index < -0.39 is 17.7 Å². The Labute approximate surface area is 182 Å². The van der Waals surface area contributed by atoms with Crippen molar-refractivity contribution in [2.75, 3.05) is 11.5 Å². The van der Waals surface area contributed by atoms with E-state index in [1.807, 2.05) is 20.8 Å². The molecule has 31 heavy (non-hydrogen) atoms. The van der Waals surface area contributed by atoms with Crippen LogP contribution in [-0.2, 0) is 11.3 Å². The molecule has 0 spiro atoms.